The third kappa shape index (κ3) is 4.36. The van der Waals surface area contributed by atoms with Crippen LogP contribution in [0.5, 0.6) is 5.88 Å². The van der Waals surface area contributed by atoms with Crippen LogP contribution in [0.3, 0.4) is 0 Å². The summed E-state index contributed by atoms with van der Waals surface area (Å²) in [7, 11) is 0. The Hall–Kier alpha value is -1.86. The Morgan fingerprint density at radius 3 is 2.95 bits per heavy atom. The monoisotopic (exact) mass is 289 g/mol. The van der Waals surface area contributed by atoms with Gasteiger partial charge in [-0.1, -0.05) is 0 Å². The van der Waals surface area contributed by atoms with E-state index >= 15 is 0 Å². The Labute approximate surface area is 113 Å². The highest BCUT2D eigenvalue weighted by molar-refractivity contribution is 5.77. The van der Waals surface area contributed by atoms with E-state index in [1.54, 1.807) is 6.07 Å². The third-order valence-electron chi connectivity index (χ3n) is 2.92. The van der Waals surface area contributed by atoms with Gasteiger partial charge in [-0.05, 0) is 12.8 Å². The smallest absolute Gasteiger partial charge is 0.397 e. The second kappa shape index (κ2) is 6.06. The van der Waals surface area contributed by atoms with Crippen LogP contribution in [0.4, 0.5) is 13.2 Å². The van der Waals surface area contributed by atoms with Crippen LogP contribution in [0.15, 0.2) is 18.6 Å². The molecule has 20 heavy (non-hydrogen) atoms. The van der Waals surface area contributed by atoms with E-state index in [0.717, 1.165) is 0 Å². The molecule has 1 amide bonds. The summed E-state index contributed by atoms with van der Waals surface area (Å²) in [5.41, 5.74) is 0. The lowest BCUT2D eigenvalue weighted by Crippen LogP contribution is -2.45. The zero-order valence-corrected chi connectivity index (χ0v) is 10.6. The van der Waals surface area contributed by atoms with Crippen molar-refractivity contribution in [2.24, 2.45) is 0 Å². The van der Waals surface area contributed by atoms with Crippen molar-refractivity contribution < 1.29 is 22.7 Å². The second-order valence-electron chi connectivity index (χ2n) is 4.56. The van der Waals surface area contributed by atoms with Gasteiger partial charge in [0.15, 0.2) is 0 Å². The molecule has 1 aromatic heterocycles. The topological polar surface area (TPSA) is 55.3 Å². The molecule has 0 saturated carbocycles. The van der Waals surface area contributed by atoms with Gasteiger partial charge in [-0.25, -0.2) is 9.97 Å². The van der Waals surface area contributed by atoms with Crippen LogP contribution in [0.25, 0.3) is 0 Å². The van der Waals surface area contributed by atoms with Crippen LogP contribution in [0.2, 0.25) is 0 Å². The highest BCUT2D eigenvalue weighted by atomic mass is 19.4. The average molecular weight is 289 g/mol. The number of hydrogen-bond donors (Lipinski definition) is 0. The van der Waals surface area contributed by atoms with Crippen LogP contribution < -0.4 is 4.74 Å². The van der Waals surface area contributed by atoms with Gasteiger partial charge in [0.05, 0.1) is 6.54 Å². The van der Waals surface area contributed by atoms with Crippen LogP contribution in [0, 0.1) is 0 Å². The molecule has 1 aliphatic rings. The number of carbonyl (C=O) groups excluding carboxylic acids is 1. The van der Waals surface area contributed by atoms with Crippen molar-refractivity contribution in [2.75, 3.05) is 13.1 Å². The summed E-state index contributed by atoms with van der Waals surface area (Å²) in [5, 5.41) is 0. The third-order valence-corrected chi connectivity index (χ3v) is 2.92. The fraction of sp³-hybridized carbons (Fsp3) is 0.583. The number of amides is 1. The molecular weight excluding hydrogens is 275 g/mol. The van der Waals surface area contributed by atoms with E-state index in [2.05, 4.69) is 9.97 Å². The molecule has 2 rings (SSSR count). The van der Waals surface area contributed by atoms with E-state index in [9.17, 15) is 18.0 Å². The maximum atomic E-state index is 12.2. The SMILES string of the molecule is O=C(CC(F)(F)F)N1CCCC(Oc2ccncn2)C1. The summed E-state index contributed by atoms with van der Waals surface area (Å²) in [6, 6.07) is 1.57. The Bertz CT molecular complexity index is 453. The van der Waals surface area contributed by atoms with Crippen LogP contribution in [0.1, 0.15) is 19.3 Å². The number of alkyl halides is 3. The van der Waals surface area contributed by atoms with Crippen molar-refractivity contribution in [3.05, 3.63) is 18.6 Å². The molecular formula is C12H14F3N3O2. The first-order valence-corrected chi connectivity index (χ1v) is 6.21. The van der Waals surface area contributed by atoms with E-state index in [1.807, 2.05) is 0 Å². The molecule has 5 nitrogen and oxygen atoms in total. The lowest BCUT2D eigenvalue weighted by molar-refractivity contribution is -0.163. The first kappa shape index (κ1) is 14.5. The molecule has 0 spiro atoms. The molecule has 0 aliphatic carbocycles. The van der Waals surface area contributed by atoms with Gasteiger partial charge in [-0.15, -0.1) is 0 Å². The summed E-state index contributed by atoms with van der Waals surface area (Å²) in [4.78, 5) is 20.4. The van der Waals surface area contributed by atoms with Crippen molar-refractivity contribution >= 4 is 5.91 Å². The summed E-state index contributed by atoms with van der Waals surface area (Å²) < 4.78 is 42.2. The standard InChI is InChI=1S/C12H14F3N3O2/c13-12(14,15)6-11(19)18-5-1-2-9(7-18)20-10-3-4-16-8-17-10/h3-4,8-9H,1-2,5-7H2. The van der Waals surface area contributed by atoms with Gasteiger partial charge < -0.3 is 9.64 Å². The van der Waals surface area contributed by atoms with E-state index in [1.165, 1.54) is 17.4 Å². The number of rotatable bonds is 3. The largest absolute Gasteiger partial charge is 0.472 e. The molecule has 110 valence electrons. The number of aromatic nitrogens is 2. The van der Waals surface area contributed by atoms with E-state index in [0.29, 0.717) is 25.3 Å². The fourth-order valence-corrected chi connectivity index (χ4v) is 2.06. The predicted octanol–water partition coefficient (Wildman–Crippen LogP) is 1.80. The number of carbonyl (C=O) groups is 1. The van der Waals surface area contributed by atoms with Gasteiger partial charge in [0, 0.05) is 18.8 Å². The van der Waals surface area contributed by atoms with E-state index in [4.69, 9.17) is 4.74 Å². The Morgan fingerprint density at radius 2 is 2.30 bits per heavy atom. The lowest BCUT2D eigenvalue weighted by atomic mass is 10.1. The van der Waals surface area contributed by atoms with Gasteiger partial charge in [0.25, 0.3) is 0 Å². The maximum Gasteiger partial charge on any atom is 0.397 e. The summed E-state index contributed by atoms with van der Waals surface area (Å²) in [5.74, 6) is -0.552. The number of likely N-dealkylation sites (tertiary alicyclic amines) is 1. The zero-order chi connectivity index (χ0) is 14.6. The molecule has 1 fully saturated rings. The Balaban J connectivity index is 1.90. The molecule has 0 N–H and O–H groups in total. The first-order chi connectivity index (χ1) is 9.44. The summed E-state index contributed by atoms with van der Waals surface area (Å²) in [6.45, 7) is 0.484. The van der Waals surface area contributed by atoms with Crippen molar-refractivity contribution in [2.45, 2.75) is 31.5 Å². The number of nitrogens with zero attached hydrogens (tertiary/aromatic N) is 3. The quantitative estimate of drug-likeness (QED) is 0.851. The molecule has 8 heteroatoms. The molecule has 0 aromatic carbocycles. The molecule has 1 aliphatic heterocycles. The lowest BCUT2D eigenvalue weighted by Gasteiger charge is -2.32. The molecule has 0 bridgehead atoms. The minimum atomic E-state index is -4.47. The molecule has 1 unspecified atom stereocenters. The highest BCUT2D eigenvalue weighted by Crippen LogP contribution is 2.23. The van der Waals surface area contributed by atoms with Gasteiger partial charge in [0.1, 0.15) is 18.9 Å². The number of piperidine rings is 1. The Kier molecular flexibility index (Phi) is 4.41. The van der Waals surface area contributed by atoms with Gasteiger partial charge in [0.2, 0.25) is 11.8 Å². The minimum Gasteiger partial charge on any atom is -0.472 e. The average Bonchev–Trinajstić information content (AvgIpc) is 2.38. The van der Waals surface area contributed by atoms with Crippen molar-refractivity contribution in [1.82, 2.24) is 14.9 Å². The predicted molar refractivity (Wildman–Crippen MR) is 62.9 cm³/mol. The van der Waals surface area contributed by atoms with Crippen molar-refractivity contribution in [3.63, 3.8) is 0 Å². The number of halogens is 3. The van der Waals surface area contributed by atoms with Crippen LogP contribution in [-0.4, -0.2) is 46.1 Å². The van der Waals surface area contributed by atoms with Crippen LogP contribution in [-0.2, 0) is 4.79 Å². The van der Waals surface area contributed by atoms with Crippen LogP contribution >= 0.6 is 0 Å². The van der Waals surface area contributed by atoms with E-state index in [-0.39, 0.29) is 12.6 Å². The second-order valence-corrected chi connectivity index (χ2v) is 4.56. The zero-order valence-electron chi connectivity index (χ0n) is 10.6. The maximum absolute atomic E-state index is 12.2. The molecule has 1 aromatic rings. The molecule has 2 heterocycles. The molecule has 0 radical (unpaired) electrons. The molecule has 1 atom stereocenters. The molecule has 1 saturated heterocycles. The summed E-state index contributed by atoms with van der Waals surface area (Å²) >= 11 is 0. The van der Waals surface area contributed by atoms with E-state index < -0.39 is 18.5 Å². The normalized spacial score (nSPS) is 19.8. The van der Waals surface area contributed by atoms with Gasteiger partial charge >= 0.3 is 6.18 Å². The fourth-order valence-electron chi connectivity index (χ4n) is 2.06. The number of hydrogen-bond acceptors (Lipinski definition) is 4. The Morgan fingerprint density at radius 1 is 1.50 bits per heavy atom. The van der Waals surface area contributed by atoms with Crippen molar-refractivity contribution in [1.29, 1.82) is 0 Å². The van der Waals surface area contributed by atoms with Gasteiger partial charge in [-0.3, -0.25) is 4.79 Å². The van der Waals surface area contributed by atoms with Gasteiger partial charge in [-0.2, -0.15) is 13.2 Å². The minimum absolute atomic E-state index is 0.152. The highest BCUT2D eigenvalue weighted by Gasteiger charge is 2.35. The summed E-state index contributed by atoms with van der Waals surface area (Å²) in [6.07, 6.45) is -2.11. The number of ether oxygens (including phenoxy) is 1. The van der Waals surface area contributed by atoms with Crippen molar-refractivity contribution in [3.8, 4) is 5.88 Å². The first-order valence-electron chi connectivity index (χ1n) is 6.21.